The molecule has 0 N–H and O–H groups in total. The number of hydrogen-bond acceptors (Lipinski definition) is 4. The highest BCUT2D eigenvalue weighted by atomic mass is 16.6. The fraction of sp³-hybridized carbons (Fsp3) is 0.588. The molecule has 22 heavy (non-hydrogen) atoms. The summed E-state index contributed by atoms with van der Waals surface area (Å²) in [5, 5.41) is 0. The summed E-state index contributed by atoms with van der Waals surface area (Å²) >= 11 is 0. The van der Waals surface area contributed by atoms with Crippen molar-refractivity contribution in [2.24, 2.45) is 5.92 Å². The summed E-state index contributed by atoms with van der Waals surface area (Å²) in [4.78, 5) is 12.3. The van der Waals surface area contributed by atoms with Crippen molar-refractivity contribution in [3.63, 3.8) is 0 Å². The monoisotopic (exact) mass is 302 g/mol. The van der Waals surface area contributed by atoms with E-state index in [0.29, 0.717) is 6.61 Å². The zero-order valence-corrected chi connectivity index (χ0v) is 13.5. The largest absolute Gasteiger partial charge is 0.461 e. The van der Waals surface area contributed by atoms with E-state index in [4.69, 9.17) is 14.2 Å². The zero-order valence-electron chi connectivity index (χ0n) is 13.5. The summed E-state index contributed by atoms with van der Waals surface area (Å²) in [6, 6.07) is 9.77. The Morgan fingerprint density at radius 3 is 2.73 bits per heavy atom. The lowest BCUT2D eigenvalue weighted by atomic mass is 9.80. The molecule has 2 bridgehead atoms. The first-order valence-corrected chi connectivity index (χ1v) is 8.09. The Kier molecular flexibility index (Phi) is 4.28. The molecule has 0 spiro atoms. The van der Waals surface area contributed by atoms with E-state index in [-0.39, 0.29) is 36.5 Å². The first-order chi connectivity index (χ1) is 10.6. The van der Waals surface area contributed by atoms with Gasteiger partial charge in [-0.05, 0) is 12.0 Å². The van der Waals surface area contributed by atoms with E-state index < -0.39 is 5.60 Å². The molecule has 0 radical (unpaired) electrons. The first-order valence-electron chi connectivity index (χ1n) is 8.09. The molecule has 0 aromatic heterocycles. The second kappa shape index (κ2) is 6.05. The third kappa shape index (κ3) is 2.57. The molecule has 2 aliphatic rings. The standard InChI is InChI=1S/C17H23BO4/c1-3-13-17(11(2)15(21-13)16(18)22-17)9-14(19)20-10-12-7-5-4-6-8-12/h4-8,11,13,15-16H,3,9-10,18H2,1-2H3/t11?,13-,15-,16+,17+/m0/s1. The highest BCUT2D eigenvalue weighted by molar-refractivity contribution is 6.11. The maximum Gasteiger partial charge on any atom is 0.309 e. The Labute approximate surface area is 132 Å². The topological polar surface area (TPSA) is 44.8 Å². The lowest BCUT2D eigenvalue weighted by molar-refractivity contribution is -0.180. The number of esters is 1. The molecule has 1 aromatic rings. The van der Waals surface area contributed by atoms with Gasteiger partial charge in [-0.3, -0.25) is 4.79 Å². The van der Waals surface area contributed by atoms with Crippen LogP contribution in [0.5, 0.6) is 0 Å². The van der Waals surface area contributed by atoms with E-state index >= 15 is 0 Å². The van der Waals surface area contributed by atoms with Gasteiger partial charge in [-0.1, -0.05) is 44.2 Å². The van der Waals surface area contributed by atoms with Crippen LogP contribution >= 0.6 is 0 Å². The molecular formula is C17H23BO4. The van der Waals surface area contributed by atoms with Crippen LogP contribution in [0.4, 0.5) is 0 Å². The van der Waals surface area contributed by atoms with Gasteiger partial charge < -0.3 is 14.2 Å². The predicted molar refractivity (Wildman–Crippen MR) is 85.1 cm³/mol. The summed E-state index contributed by atoms with van der Waals surface area (Å²) in [5.74, 6) is 0.00392. The van der Waals surface area contributed by atoms with E-state index in [0.717, 1.165) is 12.0 Å². The van der Waals surface area contributed by atoms with Crippen molar-refractivity contribution >= 4 is 13.8 Å². The van der Waals surface area contributed by atoms with Crippen LogP contribution in [0.15, 0.2) is 30.3 Å². The van der Waals surface area contributed by atoms with Crippen LogP contribution in [0.2, 0.25) is 0 Å². The first kappa shape index (κ1) is 15.6. The maximum atomic E-state index is 12.3. The van der Waals surface area contributed by atoms with Gasteiger partial charge in [-0.25, -0.2) is 0 Å². The van der Waals surface area contributed by atoms with E-state index in [2.05, 4.69) is 13.8 Å². The van der Waals surface area contributed by atoms with Crippen LogP contribution in [-0.2, 0) is 25.6 Å². The minimum atomic E-state index is -0.521. The SMILES string of the molecule is B[C@@H]1O[C@]2(CC(=O)OCc3ccccc3)C(C)[C@@H]1O[C@H]2CC. The molecule has 2 aliphatic heterocycles. The van der Waals surface area contributed by atoms with Gasteiger partial charge in [0, 0.05) is 5.92 Å². The Balaban J connectivity index is 1.64. The predicted octanol–water partition coefficient (Wildman–Crippen LogP) is 1.66. The molecule has 4 nitrogen and oxygen atoms in total. The molecule has 5 atom stereocenters. The Hall–Kier alpha value is -1.33. The summed E-state index contributed by atoms with van der Waals surface area (Å²) in [5.41, 5.74) is 0.474. The fourth-order valence-electron chi connectivity index (χ4n) is 3.88. The molecule has 1 unspecified atom stereocenters. The smallest absolute Gasteiger partial charge is 0.309 e. The van der Waals surface area contributed by atoms with Crippen molar-refractivity contribution in [1.29, 1.82) is 0 Å². The van der Waals surface area contributed by atoms with Crippen molar-refractivity contribution in [3.8, 4) is 0 Å². The summed E-state index contributed by atoms with van der Waals surface area (Å²) in [7, 11) is 2.02. The lowest BCUT2D eigenvalue weighted by Gasteiger charge is -2.36. The Bertz CT molecular complexity index is 531. The highest BCUT2D eigenvalue weighted by Gasteiger charge is 2.63. The number of fused-ring (bicyclic) bond motifs is 2. The summed E-state index contributed by atoms with van der Waals surface area (Å²) in [6.07, 6.45) is 1.18. The summed E-state index contributed by atoms with van der Waals surface area (Å²) < 4.78 is 17.7. The lowest BCUT2D eigenvalue weighted by Crippen LogP contribution is -2.47. The van der Waals surface area contributed by atoms with Gasteiger partial charge in [0.25, 0.3) is 0 Å². The van der Waals surface area contributed by atoms with Crippen molar-refractivity contribution in [2.75, 3.05) is 0 Å². The zero-order chi connectivity index (χ0) is 15.7. The van der Waals surface area contributed by atoms with Crippen molar-refractivity contribution < 1.29 is 19.0 Å². The number of hydrogen-bond donors (Lipinski definition) is 0. The molecule has 2 saturated heterocycles. The van der Waals surface area contributed by atoms with Crippen molar-refractivity contribution in [1.82, 2.24) is 0 Å². The van der Waals surface area contributed by atoms with Gasteiger partial charge >= 0.3 is 5.97 Å². The van der Waals surface area contributed by atoms with Gasteiger partial charge in [0.2, 0.25) is 0 Å². The van der Waals surface area contributed by atoms with Crippen molar-refractivity contribution in [2.45, 2.75) is 57.1 Å². The third-order valence-corrected chi connectivity index (χ3v) is 5.03. The Morgan fingerprint density at radius 2 is 2.09 bits per heavy atom. The van der Waals surface area contributed by atoms with E-state index in [1.165, 1.54) is 0 Å². The molecule has 1 aromatic carbocycles. The third-order valence-electron chi connectivity index (χ3n) is 5.03. The summed E-state index contributed by atoms with van der Waals surface area (Å²) in [6.45, 7) is 4.50. The van der Waals surface area contributed by atoms with Gasteiger partial charge in [-0.15, -0.1) is 0 Å². The minimum Gasteiger partial charge on any atom is -0.461 e. The van der Waals surface area contributed by atoms with Crippen LogP contribution in [0.25, 0.3) is 0 Å². The second-order valence-corrected chi connectivity index (χ2v) is 6.39. The molecule has 5 heteroatoms. The number of carbonyl (C=O) groups is 1. The molecule has 2 fully saturated rings. The van der Waals surface area contributed by atoms with E-state index in [1.807, 2.05) is 38.2 Å². The molecule has 0 amide bonds. The van der Waals surface area contributed by atoms with Crippen LogP contribution in [-0.4, -0.2) is 37.6 Å². The average molecular weight is 302 g/mol. The van der Waals surface area contributed by atoms with Crippen LogP contribution < -0.4 is 0 Å². The number of benzene rings is 1. The number of carbonyl (C=O) groups excluding carboxylic acids is 1. The molecule has 0 saturated carbocycles. The quantitative estimate of drug-likeness (QED) is 0.613. The number of ether oxygens (including phenoxy) is 3. The molecular weight excluding hydrogens is 279 g/mol. The second-order valence-electron chi connectivity index (χ2n) is 6.39. The maximum absolute atomic E-state index is 12.3. The fourth-order valence-corrected chi connectivity index (χ4v) is 3.88. The van der Waals surface area contributed by atoms with Gasteiger partial charge in [0.1, 0.15) is 20.1 Å². The molecule has 118 valence electrons. The van der Waals surface area contributed by atoms with Gasteiger partial charge in [0.15, 0.2) is 0 Å². The van der Waals surface area contributed by atoms with Crippen LogP contribution in [0.3, 0.4) is 0 Å². The van der Waals surface area contributed by atoms with Gasteiger partial charge in [-0.2, -0.15) is 0 Å². The number of rotatable bonds is 5. The average Bonchev–Trinajstić information content (AvgIpc) is 2.91. The van der Waals surface area contributed by atoms with Gasteiger partial charge in [0.05, 0.1) is 24.6 Å². The Morgan fingerprint density at radius 1 is 1.36 bits per heavy atom. The normalized spacial score (nSPS) is 36.5. The van der Waals surface area contributed by atoms with Crippen molar-refractivity contribution in [3.05, 3.63) is 35.9 Å². The van der Waals surface area contributed by atoms with Crippen LogP contribution in [0.1, 0.15) is 32.3 Å². The molecule has 0 aliphatic carbocycles. The van der Waals surface area contributed by atoms with E-state index in [1.54, 1.807) is 0 Å². The molecule has 3 rings (SSSR count). The van der Waals surface area contributed by atoms with Crippen LogP contribution in [0, 0.1) is 5.92 Å². The minimum absolute atomic E-state index is 0.0204. The molecule has 2 heterocycles. The van der Waals surface area contributed by atoms with E-state index in [9.17, 15) is 4.79 Å². The highest BCUT2D eigenvalue weighted by Crippen LogP contribution is 2.50.